The summed E-state index contributed by atoms with van der Waals surface area (Å²) in [6.07, 6.45) is -0.00569. The van der Waals surface area contributed by atoms with Crippen molar-refractivity contribution in [2.75, 3.05) is 0 Å². The van der Waals surface area contributed by atoms with Crippen LogP contribution in [0.1, 0.15) is 34.9 Å². The van der Waals surface area contributed by atoms with E-state index in [9.17, 15) is 15.1 Å². The van der Waals surface area contributed by atoms with Crippen molar-refractivity contribution < 1.29 is 24.6 Å². The normalized spacial score (nSPS) is 11.4. The zero-order chi connectivity index (χ0) is 30.3. The molecule has 0 saturated carbocycles. The van der Waals surface area contributed by atoms with Gasteiger partial charge in [0.15, 0.2) is 5.71 Å². The molecule has 0 radical (unpaired) electrons. The van der Waals surface area contributed by atoms with E-state index in [1.54, 1.807) is 0 Å². The number of ether oxygens (including phenoxy) is 2. The van der Waals surface area contributed by atoms with Crippen LogP contribution in [-0.4, -0.2) is 61.5 Å². The molecule has 0 amide bonds. The van der Waals surface area contributed by atoms with Gasteiger partial charge in [0.25, 0.3) is 0 Å². The number of hydrogen-bond donors (Lipinski definition) is 2. The van der Waals surface area contributed by atoms with E-state index in [1.807, 2.05) is 121 Å². The Kier molecular flexibility index (Phi) is 10.4. The average Bonchev–Trinajstić information content (AvgIpc) is 3.07. The zero-order valence-corrected chi connectivity index (χ0v) is 23.7. The molecule has 0 unspecified atom stereocenters. The SMILES string of the molecule is O=C(O)/C(CC(c1ccc(OCc2ccc3ccccc3n2)cc1)c1ccc(OCc2ccc3ccccc3n2)cc1)=N\O.[NaH]. The predicted molar refractivity (Wildman–Crippen MR) is 176 cm³/mol. The molecule has 2 N–H and O–H groups in total. The molecule has 45 heavy (non-hydrogen) atoms. The van der Waals surface area contributed by atoms with Crippen LogP contribution >= 0.6 is 0 Å². The standard InChI is InChI=1S/C36H29N3O5.Na.H/c40-36(41)35(39-42)21-32(24-11-17-30(18-12-24)43-22-28-15-9-26-5-1-3-7-33(26)37-28)25-13-19-31(20-14-25)44-23-29-16-10-27-6-2-4-8-34(27)38-29;;/h1-20,32,42H,21-23H2,(H,40,41);;/b39-35-;;. The first kappa shape index (κ1) is 31.7. The summed E-state index contributed by atoms with van der Waals surface area (Å²) in [4.78, 5) is 21.0. The number of hydrogen-bond acceptors (Lipinski definition) is 7. The van der Waals surface area contributed by atoms with Gasteiger partial charge in [-0.15, -0.1) is 0 Å². The first-order valence-corrected chi connectivity index (χ1v) is 14.1. The van der Waals surface area contributed by atoms with Gasteiger partial charge in [0, 0.05) is 23.1 Å². The predicted octanol–water partition coefficient (Wildman–Crippen LogP) is 6.73. The van der Waals surface area contributed by atoms with Crippen LogP contribution in [0.4, 0.5) is 0 Å². The molecule has 2 aromatic heterocycles. The van der Waals surface area contributed by atoms with E-state index in [0.717, 1.165) is 44.3 Å². The van der Waals surface area contributed by atoms with Gasteiger partial charge in [0.2, 0.25) is 0 Å². The molecule has 9 heteroatoms. The number of carboxylic acid groups (broad SMARTS) is 1. The first-order valence-electron chi connectivity index (χ1n) is 14.1. The number of carboxylic acids is 1. The number of aliphatic carboxylic acids is 1. The van der Waals surface area contributed by atoms with Gasteiger partial charge in [0.05, 0.1) is 22.4 Å². The summed E-state index contributed by atoms with van der Waals surface area (Å²) in [5.74, 6) is -0.349. The van der Waals surface area contributed by atoms with Crippen molar-refractivity contribution in [3.63, 3.8) is 0 Å². The third kappa shape index (κ3) is 7.85. The Morgan fingerprint density at radius 3 is 1.51 bits per heavy atom. The van der Waals surface area contributed by atoms with E-state index in [2.05, 4.69) is 15.1 Å². The molecular formula is C36H30N3NaO5. The quantitative estimate of drug-likeness (QED) is 0.0727. The number of rotatable bonds is 11. The average molecular weight is 608 g/mol. The molecule has 0 saturated heterocycles. The second-order valence-electron chi connectivity index (χ2n) is 10.3. The molecule has 0 atom stereocenters. The van der Waals surface area contributed by atoms with E-state index in [4.69, 9.17) is 9.47 Å². The van der Waals surface area contributed by atoms with Crippen LogP contribution in [0, 0.1) is 0 Å². The topological polar surface area (TPSA) is 114 Å². The summed E-state index contributed by atoms with van der Waals surface area (Å²) < 4.78 is 12.0. The van der Waals surface area contributed by atoms with Crippen molar-refractivity contribution in [1.29, 1.82) is 0 Å². The third-order valence-corrected chi connectivity index (χ3v) is 7.42. The molecule has 6 rings (SSSR count). The van der Waals surface area contributed by atoms with Crippen LogP contribution in [0.25, 0.3) is 21.8 Å². The summed E-state index contributed by atoms with van der Waals surface area (Å²) in [7, 11) is 0. The molecule has 0 bridgehead atoms. The molecule has 0 spiro atoms. The Morgan fingerprint density at radius 2 is 1.09 bits per heavy atom. The number of nitrogens with zero attached hydrogens (tertiary/aromatic N) is 3. The molecule has 220 valence electrons. The van der Waals surface area contributed by atoms with Crippen molar-refractivity contribution >= 4 is 63.0 Å². The van der Waals surface area contributed by atoms with Gasteiger partial charge in [-0.25, -0.2) is 14.8 Å². The molecule has 4 aromatic carbocycles. The number of carbonyl (C=O) groups is 1. The molecular weight excluding hydrogens is 577 g/mol. The number of benzene rings is 4. The van der Waals surface area contributed by atoms with Crippen LogP contribution in [0.3, 0.4) is 0 Å². The number of pyridine rings is 2. The maximum atomic E-state index is 11.7. The van der Waals surface area contributed by atoms with Gasteiger partial charge >= 0.3 is 35.5 Å². The van der Waals surface area contributed by atoms with Gasteiger partial charge in [-0.1, -0.05) is 78.0 Å². The van der Waals surface area contributed by atoms with Crippen molar-refractivity contribution in [1.82, 2.24) is 9.97 Å². The molecule has 0 aliphatic heterocycles. The summed E-state index contributed by atoms with van der Waals surface area (Å²) in [6.45, 7) is 0.619. The molecule has 8 nitrogen and oxygen atoms in total. The fourth-order valence-electron chi connectivity index (χ4n) is 5.08. The van der Waals surface area contributed by atoms with Crippen LogP contribution in [0.5, 0.6) is 11.5 Å². The second kappa shape index (κ2) is 14.8. The van der Waals surface area contributed by atoms with E-state index in [-0.39, 0.29) is 47.6 Å². The van der Waals surface area contributed by atoms with Crippen molar-refractivity contribution in [2.45, 2.75) is 25.6 Å². The summed E-state index contributed by atoms with van der Waals surface area (Å²) in [6, 6.07) is 38.7. The van der Waals surface area contributed by atoms with Gasteiger partial charge in [0.1, 0.15) is 24.7 Å². The monoisotopic (exact) mass is 607 g/mol. The maximum absolute atomic E-state index is 11.7. The Labute approximate surface area is 282 Å². The van der Waals surface area contributed by atoms with Crippen molar-refractivity contribution in [3.8, 4) is 11.5 Å². The Morgan fingerprint density at radius 1 is 0.644 bits per heavy atom. The molecule has 2 heterocycles. The first-order chi connectivity index (χ1) is 21.6. The zero-order valence-electron chi connectivity index (χ0n) is 23.7. The van der Waals surface area contributed by atoms with Crippen molar-refractivity contribution in [2.24, 2.45) is 5.16 Å². The minimum absolute atomic E-state index is 0. The summed E-state index contributed by atoms with van der Waals surface area (Å²) in [5.41, 5.74) is 4.81. The molecule has 0 aliphatic rings. The van der Waals surface area contributed by atoms with Crippen LogP contribution < -0.4 is 9.47 Å². The van der Waals surface area contributed by atoms with E-state index >= 15 is 0 Å². The Hall–Kier alpha value is -4.76. The second-order valence-corrected chi connectivity index (χ2v) is 10.3. The molecule has 0 aliphatic carbocycles. The summed E-state index contributed by atoms with van der Waals surface area (Å²) >= 11 is 0. The minimum atomic E-state index is -1.27. The fourth-order valence-corrected chi connectivity index (χ4v) is 5.08. The molecule has 6 aromatic rings. The van der Waals surface area contributed by atoms with Gasteiger partial charge in [-0.2, -0.15) is 0 Å². The number of aromatic nitrogens is 2. The summed E-state index contributed by atoms with van der Waals surface area (Å²) in [5, 5.41) is 24.1. The van der Waals surface area contributed by atoms with E-state index < -0.39 is 5.97 Å². The van der Waals surface area contributed by atoms with Gasteiger partial charge in [-0.05, 0) is 59.7 Å². The van der Waals surface area contributed by atoms with Crippen LogP contribution in [-0.2, 0) is 18.0 Å². The number of para-hydroxylation sites is 2. The van der Waals surface area contributed by atoms with Crippen LogP contribution in [0.15, 0.2) is 126 Å². The van der Waals surface area contributed by atoms with Gasteiger partial charge in [-0.3, -0.25) is 0 Å². The van der Waals surface area contributed by atoms with E-state index in [1.165, 1.54) is 0 Å². The Bertz CT molecular complexity index is 1820. The van der Waals surface area contributed by atoms with E-state index in [0.29, 0.717) is 24.7 Å². The van der Waals surface area contributed by atoms with Crippen molar-refractivity contribution in [3.05, 3.63) is 144 Å². The number of fused-ring (bicyclic) bond motifs is 2. The van der Waals surface area contributed by atoms with Gasteiger partial charge < -0.3 is 19.8 Å². The van der Waals surface area contributed by atoms with Crippen LogP contribution in [0.2, 0.25) is 0 Å². The molecule has 0 fully saturated rings. The third-order valence-electron chi connectivity index (χ3n) is 7.42. The Balaban J connectivity index is 0.00000400. The number of oxime groups is 1. The fraction of sp³-hybridized carbons (Fsp3) is 0.111.